The number of allylic oxidation sites excluding steroid dienone is 4. The quantitative estimate of drug-likeness (QED) is 0.800. The predicted molar refractivity (Wildman–Crippen MR) is 110 cm³/mol. The average Bonchev–Trinajstić information content (AvgIpc) is 2.69. The van der Waals surface area contributed by atoms with Crippen LogP contribution in [0.25, 0.3) is 0 Å². The van der Waals surface area contributed by atoms with Crippen molar-refractivity contribution in [1.29, 1.82) is 0 Å². The Morgan fingerprint density at radius 1 is 1.41 bits per heavy atom. The van der Waals surface area contributed by atoms with Crippen molar-refractivity contribution in [3.05, 3.63) is 53.4 Å². The first-order chi connectivity index (χ1) is 13.0. The molecule has 3 rings (SSSR count). The summed E-state index contributed by atoms with van der Waals surface area (Å²) in [7, 11) is 0. The molecule has 0 aromatic carbocycles. The molecule has 1 heterocycles. The number of amides is 1. The molecular weight excluding hydrogens is 358 g/mol. The molecule has 0 radical (unpaired) electrons. The van der Waals surface area contributed by atoms with E-state index >= 15 is 0 Å². The molecule has 0 spiro atoms. The van der Waals surface area contributed by atoms with Gasteiger partial charge in [-0.05, 0) is 74.1 Å². The van der Waals surface area contributed by atoms with Gasteiger partial charge < -0.3 is 10.6 Å². The van der Waals surface area contributed by atoms with Gasteiger partial charge in [0, 0.05) is 36.9 Å². The van der Waals surface area contributed by atoms with Crippen molar-refractivity contribution in [2.75, 3.05) is 13.1 Å². The number of halogens is 1. The fraction of sp³-hybridized carbons (Fsp3) is 0.545. The molecule has 2 N–H and O–H groups in total. The molecule has 0 saturated heterocycles. The summed E-state index contributed by atoms with van der Waals surface area (Å²) < 4.78 is 0. The highest BCUT2D eigenvalue weighted by Gasteiger charge is 2.41. The molecule has 0 aliphatic heterocycles. The van der Waals surface area contributed by atoms with Crippen LogP contribution in [0.4, 0.5) is 0 Å². The maximum absolute atomic E-state index is 12.3. The van der Waals surface area contributed by atoms with Crippen molar-refractivity contribution in [1.82, 2.24) is 9.88 Å². The van der Waals surface area contributed by atoms with Gasteiger partial charge in [0.2, 0.25) is 5.91 Å². The minimum atomic E-state index is 0.104. The number of pyridine rings is 1. The van der Waals surface area contributed by atoms with Crippen LogP contribution in [0, 0.1) is 11.3 Å². The number of nitrogens with zero attached hydrogens (tertiary/aromatic N) is 2. The molecule has 0 bridgehead atoms. The topological polar surface area (TPSA) is 59.2 Å². The lowest BCUT2D eigenvalue weighted by atomic mass is 9.63. The lowest BCUT2D eigenvalue weighted by Crippen LogP contribution is -2.48. The number of aromatic nitrogens is 1. The summed E-state index contributed by atoms with van der Waals surface area (Å²) in [5, 5.41) is 0.916. The third kappa shape index (κ3) is 4.80. The average molecular weight is 388 g/mol. The van der Waals surface area contributed by atoms with Gasteiger partial charge in [0.15, 0.2) is 0 Å². The molecule has 5 heteroatoms. The summed E-state index contributed by atoms with van der Waals surface area (Å²) in [6.07, 6.45) is 15.8. The van der Waals surface area contributed by atoms with E-state index in [1.807, 2.05) is 18.3 Å². The van der Waals surface area contributed by atoms with E-state index in [2.05, 4.69) is 28.1 Å². The molecule has 1 amide bonds. The van der Waals surface area contributed by atoms with Gasteiger partial charge in [0.25, 0.3) is 0 Å². The summed E-state index contributed by atoms with van der Waals surface area (Å²) in [5.74, 6) is 0.565. The number of rotatable bonds is 6. The minimum absolute atomic E-state index is 0.104. The van der Waals surface area contributed by atoms with Crippen molar-refractivity contribution in [2.45, 2.75) is 51.5 Å². The molecule has 1 atom stereocenters. The molecule has 4 nitrogen and oxygen atoms in total. The van der Waals surface area contributed by atoms with Crippen molar-refractivity contribution in [3.8, 4) is 0 Å². The largest absolute Gasteiger partial charge is 0.340 e. The second kappa shape index (κ2) is 9.03. The molecule has 27 heavy (non-hydrogen) atoms. The molecule has 146 valence electrons. The molecule has 1 aromatic rings. The van der Waals surface area contributed by atoms with Crippen LogP contribution in [0.5, 0.6) is 0 Å². The van der Waals surface area contributed by atoms with Gasteiger partial charge in [-0.2, -0.15) is 0 Å². The van der Waals surface area contributed by atoms with E-state index in [9.17, 15) is 4.79 Å². The second-order valence-electron chi connectivity index (χ2n) is 7.93. The Bertz CT molecular complexity index is 693. The van der Waals surface area contributed by atoms with Gasteiger partial charge in [0.1, 0.15) is 0 Å². The lowest BCUT2D eigenvalue weighted by Gasteiger charge is -2.47. The minimum Gasteiger partial charge on any atom is -0.340 e. The first-order valence-electron chi connectivity index (χ1n) is 9.93. The van der Waals surface area contributed by atoms with Gasteiger partial charge in [0.05, 0.1) is 0 Å². The maximum atomic E-state index is 12.3. The summed E-state index contributed by atoms with van der Waals surface area (Å²) in [5.41, 5.74) is 7.52. The van der Waals surface area contributed by atoms with Gasteiger partial charge >= 0.3 is 0 Å². The van der Waals surface area contributed by atoms with Crippen molar-refractivity contribution >= 4 is 17.5 Å². The number of carbonyl (C=O) groups is 1. The van der Waals surface area contributed by atoms with E-state index in [0.29, 0.717) is 18.5 Å². The van der Waals surface area contributed by atoms with Crippen LogP contribution >= 0.6 is 11.6 Å². The highest BCUT2D eigenvalue weighted by atomic mass is 35.5. The van der Waals surface area contributed by atoms with E-state index in [0.717, 1.165) is 50.1 Å². The number of hydrogen-bond donors (Lipinski definition) is 1. The van der Waals surface area contributed by atoms with E-state index < -0.39 is 0 Å². The highest BCUT2D eigenvalue weighted by molar-refractivity contribution is 6.29. The van der Waals surface area contributed by atoms with Crippen LogP contribution in [-0.4, -0.2) is 34.9 Å². The third-order valence-electron chi connectivity index (χ3n) is 6.39. The fourth-order valence-electron chi connectivity index (χ4n) is 4.67. The Balaban J connectivity index is 1.62. The Kier molecular flexibility index (Phi) is 6.72. The molecule has 1 fully saturated rings. The zero-order chi connectivity index (χ0) is 19.3. The molecule has 1 saturated carbocycles. The molecule has 1 unspecified atom stereocenters. The zero-order valence-corrected chi connectivity index (χ0v) is 16.9. The summed E-state index contributed by atoms with van der Waals surface area (Å²) >= 11 is 6.28. The van der Waals surface area contributed by atoms with Crippen LogP contribution in [0.2, 0.25) is 0 Å². The molecule has 2 aliphatic carbocycles. The van der Waals surface area contributed by atoms with Crippen LogP contribution in [-0.2, 0) is 11.2 Å². The van der Waals surface area contributed by atoms with Gasteiger partial charge in [-0.25, -0.2) is 0 Å². The monoisotopic (exact) mass is 387 g/mol. The SMILES string of the molecule is CC(=O)N(CCc1cccnc1)C1CCC(CN)(C2C=CC=C(Cl)C2)CC1. The Morgan fingerprint density at radius 2 is 2.19 bits per heavy atom. The number of nitrogens with two attached hydrogens (primary N) is 1. The van der Waals surface area contributed by atoms with Gasteiger partial charge in [-0.15, -0.1) is 0 Å². The van der Waals surface area contributed by atoms with Crippen LogP contribution in [0.15, 0.2) is 47.8 Å². The molecule has 2 aliphatic rings. The normalized spacial score (nSPS) is 27.9. The summed E-state index contributed by atoms with van der Waals surface area (Å²) in [6.45, 7) is 3.11. The second-order valence-corrected chi connectivity index (χ2v) is 8.42. The van der Waals surface area contributed by atoms with Gasteiger partial charge in [-0.3, -0.25) is 9.78 Å². The van der Waals surface area contributed by atoms with Crippen LogP contribution in [0.3, 0.4) is 0 Å². The predicted octanol–water partition coefficient (Wildman–Crippen LogP) is 4.06. The van der Waals surface area contributed by atoms with Crippen LogP contribution in [0.1, 0.15) is 44.6 Å². The Morgan fingerprint density at radius 3 is 2.78 bits per heavy atom. The number of hydrogen-bond acceptors (Lipinski definition) is 3. The number of carbonyl (C=O) groups excluding carboxylic acids is 1. The van der Waals surface area contributed by atoms with Gasteiger partial charge in [-0.1, -0.05) is 29.8 Å². The zero-order valence-electron chi connectivity index (χ0n) is 16.1. The molecular formula is C22H30ClN3O. The van der Waals surface area contributed by atoms with E-state index in [1.54, 1.807) is 13.1 Å². The van der Waals surface area contributed by atoms with E-state index in [1.165, 1.54) is 5.56 Å². The van der Waals surface area contributed by atoms with E-state index in [4.69, 9.17) is 17.3 Å². The van der Waals surface area contributed by atoms with Crippen molar-refractivity contribution < 1.29 is 4.79 Å². The van der Waals surface area contributed by atoms with E-state index in [-0.39, 0.29) is 11.3 Å². The first kappa shape index (κ1) is 20.1. The smallest absolute Gasteiger partial charge is 0.219 e. The van der Waals surface area contributed by atoms with Crippen molar-refractivity contribution in [3.63, 3.8) is 0 Å². The highest BCUT2D eigenvalue weighted by Crippen LogP contribution is 2.47. The van der Waals surface area contributed by atoms with Crippen LogP contribution < -0.4 is 5.73 Å². The van der Waals surface area contributed by atoms with Crippen molar-refractivity contribution in [2.24, 2.45) is 17.1 Å². The molecule has 1 aromatic heterocycles. The summed E-state index contributed by atoms with van der Waals surface area (Å²) in [6, 6.07) is 4.32. The first-order valence-corrected chi connectivity index (χ1v) is 10.3. The maximum Gasteiger partial charge on any atom is 0.219 e. The summed E-state index contributed by atoms with van der Waals surface area (Å²) in [4.78, 5) is 18.5. The standard InChI is InChI=1S/C22H30ClN3O/c1-17(27)26(13-9-18-4-3-12-25-15-18)21-7-10-22(16-24,11-8-21)19-5-2-6-20(23)14-19/h2-6,12,15,19,21H,7-11,13-14,16,24H2,1H3. The lowest BCUT2D eigenvalue weighted by molar-refractivity contribution is -0.132. The third-order valence-corrected chi connectivity index (χ3v) is 6.67. The Hall–Kier alpha value is -1.65. The fourth-order valence-corrected chi connectivity index (χ4v) is 4.91. The Labute approximate surface area is 167 Å².